The van der Waals surface area contributed by atoms with E-state index in [2.05, 4.69) is 9.97 Å². The highest BCUT2D eigenvalue weighted by molar-refractivity contribution is 7.09. The third-order valence-electron chi connectivity index (χ3n) is 3.26. The van der Waals surface area contributed by atoms with E-state index >= 15 is 0 Å². The van der Waals surface area contributed by atoms with Gasteiger partial charge in [0.15, 0.2) is 0 Å². The summed E-state index contributed by atoms with van der Waals surface area (Å²) >= 11 is 1.56. The summed E-state index contributed by atoms with van der Waals surface area (Å²) in [6.45, 7) is 6.47. The first-order valence-corrected chi connectivity index (χ1v) is 8.16. The van der Waals surface area contributed by atoms with Crippen molar-refractivity contribution in [3.05, 3.63) is 40.0 Å². The van der Waals surface area contributed by atoms with Crippen molar-refractivity contribution < 1.29 is 9.53 Å². The number of nitrogens with zero attached hydrogens (tertiary/aromatic N) is 3. The average molecular weight is 319 g/mol. The molecule has 0 radical (unpaired) electrons. The van der Waals surface area contributed by atoms with Gasteiger partial charge in [0.2, 0.25) is 5.88 Å². The van der Waals surface area contributed by atoms with E-state index < -0.39 is 0 Å². The van der Waals surface area contributed by atoms with Crippen molar-refractivity contribution in [2.24, 2.45) is 0 Å². The van der Waals surface area contributed by atoms with Gasteiger partial charge in [0.05, 0.1) is 12.6 Å². The quantitative estimate of drug-likeness (QED) is 0.820. The van der Waals surface area contributed by atoms with Crippen LogP contribution in [0.2, 0.25) is 0 Å². The number of carbonyl (C=O) groups excluding carboxylic acids is 1. The maximum absolute atomic E-state index is 12.5. The largest absolute Gasteiger partial charge is 0.475 e. The number of aryl methyl sites for hydroxylation is 1. The van der Waals surface area contributed by atoms with Gasteiger partial charge < -0.3 is 9.64 Å². The molecule has 2 rings (SSSR count). The first-order valence-electron chi connectivity index (χ1n) is 7.28. The minimum Gasteiger partial charge on any atom is -0.475 e. The van der Waals surface area contributed by atoms with Gasteiger partial charge in [-0.2, -0.15) is 0 Å². The first-order chi connectivity index (χ1) is 10.5. The topological polar surface area (TPSA) is 55.3 Å². The molecular formula is C16H21N3O2S. The molecule has 118 valence electrons. The maximum atomic E-state index is 12.5. The van der Waals surface area contributed by atoms with E-state index in [1.54, 1.807) is 41.6 Å². The summed E-state index contributed by atoms with van der Waals surface area (Å²) in [5, 5.41) is 2.91. The molecule has 2 aromatic rings. The van der Waals surface area contributed by atoms with Crippen LogP contribution in [-0.2, 0) is 6.54 Å². The van der Waals surface area contributed by atoms with Crippen molar-refractivity contribution in [1.82, 2.24) is 14.9 Å². The lowest BCUT2D eigenvalue weighted by Crippen LogP contribution is -2.26. The molecule has 2 heterocycles. The zero-order valence-electron chi connectivity index (χ0n) is 13.4. The number of carbonyl (C=O) groups is 1. The van der Waals surface area contributed by atoms with Crippen LogP contribution >= 0.6 is 11.3 Å². The SMILES string of the molecule is CCC(C)Oc1cc(C(=O)N(C)Cc2nc(C)cs2)ccn1. The Labute approximate surface area is 135 Å². The van der Waals surface area contributed by atoms with Gasteiger partial charge in [-0.3, -0.25) is 4.79 Å². The lowest BCUT2D eigenvalue weighted by molar-refractivity contribution is 0.0783. The summed E-state index contributed by atoms with van der Waals surface area (Å²) in [6.07, 6.45) is 2.57. The lowest BCUT2D eigenvalue weighted by Gasteiger charge is -2.17. The zero-order valence-corrected chi connectivity index (χ0v) is 14.2. The van der Waals surface area contributed by atoms with Gasteiger partial charge in [0.25, 0.3) is 5.91 Å². The molecule has 1 atom stereocenters. The molecule has 0 saturated heterocycles. The molecule has 0 aliphatic heterocycles. The van der Waals surface area contributed by atoms with E-state index in [-0.39, 0.29) is 12.0 Å². The van der Waals surface area contributed by atoms with Crippen LogP contribution in [0.15, 0.2) is 23.7 Å². The highest BCUT2D eigenvalue weighted by atomic mass is 32.1. The molecule has 2 aromatic heterocycles. The molecule has 6 heteroatoms. The van der Waals surface area contributed by atoms with Gasteiger partial charge in [-0.25, -0.2) is 9.97 Å². The molecule has 0 bridgehead atoms. The Morgan fingerprint density at radius 3 is 2.91 bits per heavy atom. The number of amides is 1. The number of thiazole rings is 1. The molecule has 0 spiro atoms. The van der Waals surface area contributed by atoms with E-state index in [1.807, 2.05) is 26.2 Å². The smallest absolute Gasteiger partial charge is 0.254 e. The Bertz CT molecular complexity index is 642. The fourth-order valence-electron chi connectivity index (χ4n) is 1.87. The molecule has 0 N–H and O–H groups in total. The summed E-state index contributed by atoms with van der Waals surface area (Å²) in [5.74, 6) is 0.419. The maximum Gasteiger partial charge on any atom is 0.254 e. The standard InChI is InChI=1S/C16H21N3O2S/c1-5-12(3)21-14-8-13(6-7-17-14)16(20)19(4)9-15-18-11(2)10-22-15/h6-8,10,12H,5,9H2,1-4H3. The van der Waals surface area contributed by atoms with Gasteiger partial charge in [-0.15, -0.1) is 11.3 Å². The van der Waals surface area contributed by atoms with E-state index in [1.165, 1.54) is 0 Å². The van der Waals surface area contributed by atoms with Gasteiger partial charge in [0.1, 0.15) is 5.01 Å². The number of hydrogen-bond acceptors (Lipinski definition) is 5. The first kappa shape index (κ1) is 16.4. The second-order valence-corrected chi connectivity index (χ2v) is 6.21. The molecule has 22 heavy (non-hydrogen) atoms. The van der Waals surface area contributed by atoms with Crippen LogP contribution < -0.4 is 4.74 Å². The third-order valence-corrected chi connectivity index (χ3v) is 4.22. The molecule has 0 aromatic carbocycles. The molecule has 0 saturated carbocycles. The second-order valence-electron chi connectivity index (χ2n) is 5.26. The number of hydrogen-bond donors (Lipinski definition) is 0. The van der Waals surface area contributed by atoms with Crippen molar-refractivity contribution >= 4 is 17.2 Å². The highest BCUT2D eigenvalue weighted by Gasteiger charge is 2.15. The van der Waals surface area contributed by atoms with Crippen molar-refractivity contribution in [3.8, 4) is 5.88 Å². The summed E-state index contributed by atoms with van der Waals surface area (Å²) in [7, 11) is 1.77. The highest BCUT2D eigenvalue weighted by Crippen LogP contribution is 2.16. The van der Waals surface area contributed by atoms with Crippen molar-refractivity contribution in [2.45, 2.75) is 39.8 Å². The van der Waals surface area contributed by atoms with Crippen LogP contribution in [0.1, 0.15) is 41.3 Å². The van der Waals surface area contributed by atoms with E-state index in [0.29, 0.717) is 18.0 Å². The van der Waals surface area contributed by atoms with E-state index in [0.717, 1.165) is 17.1 Å². The van der Waals surface area contributed by atoms with Crippen LogP contribution in [0.3, 0.4) is 0 Å². The molecule has 0 aliphatic rings. The van der Waals surface area contributed by atoms with Gasteiger partial charge in [-0.05, 0) is 26.3 Å². The van der Waals surface area contributed by atoms with Crippen LogP contribution in [-0.4, -0.2) is 33.9 Å². The second kappa shape index (κ2) is 7.35. The molecule has 0 fully saturated rings. The Balaban J connectivity index is 2.06. The monoisotopic (exact) mass is 319 g/mol. The third kappa shape index (κ3) is 4.27. The Hall–Kier alpha value is -1.95. The lowest BCUT2D eigenvalue weighted by atomic mass is 10.2. The minimum atomic E-state index is -0.0655. The molecular weight excluding hydrogens is 298 g/mol. The van der Waals surface area contributed by atoms with Crippen LogP contribution in [0.4, 0.5) is 0 Å². The molecule has 1 amide bonds. The predicted molar refractivity (Wildman–Crippen MR) is 87.3 cm³/mol. The fraction of sp³-hybridized carbons (Fsp3) is 0.438. The predicted octanol–water partition coefficient (Wildman–Crippen LogP) is 3.30. The van der Waals surface area contributed by atoms with Crippen LogP contribution in [0.25, 0.3) is 0 Å². The number of rotatable bonds is 6. The normalized spacial score (nSPS) is 12.0. The van der Waals surface area contributed by atoms with E-state index in [9.17, 15) is 4.79 Å². The Kier molecular flexibility index (Phi) is 5.49. The summed E-state index contributed by atoms with van der Waals surface area (Å²) in [6, 6.07) is 3.40. The van der Waals surface area contributed by atoms with Crippen molar-refractivity contribution in [3.63, 3.8) is 0 Å². The number of pyridine rings is 1. The molecule has 1 unspecified atom stereocenters. The fourth-order valence-corrected chi connectivity index (χ4v) is 2.69. The van der Waals surface area contributed by atoms with Gasteiger partial charge >= 0.3 is 0 Å². The summed E-state index contributed by atoms with van der Waals surface area (Å²) in [5.41, 5.74) is 1.55. The Morgan fingerprint density at radius 2 is 2.27 bits per heavy atom. The van der Waals surface area contributed by atoms with Crippen LogP contribution in [0, 0.1) is 6.92 Å². The zero-order chi connectivity index (χ0) is 16.1. The summed E-state index contributed by atoms with van der Waals surface area (Å²) < 4.78 is 5.66. The van der Waals surface area contributed by atoms with E-state index in [4.69, 9.17) is 4.74 Å². The number of ether oxygens (including phenoxy) is 1. The van der Waals surface area contributed by atoms with Gasteiger partial charge in [0, 0.05) is 35.9 Å². The van der Waals surface area contributed by atoms with Crippen LogP contribution in [0.5, 0.6) is 5.88 Å². The Morgan fingerprint density at radius 1 is 1.50 bits per heavy atom. The summed E-state index contributed by atoms with van der Waals surface area (Å²) in [4.78, 5) is 22.7. The van der Waals surface area contributed by atoms with Gasteiger partial charge in [-0.1, -0.05) is 6.92 Å². The number of aromatic nitrogens is 2. The molecule has 0 aliphatic carbocycles. The van der Waals surface area contributed by atoms with Crippen molar-refractivity contribution in [2.75, 3.05) is 7.05 Å². The molecule has 5 nitrogen and oxygen atoms in total. The van der Waals surface area contributed by atoms with Crippen molar-refractivity contribution in [1.29, 1.82) is 0 Å². The average Bonchev–Trinajstić information content (AvgIpc) is 2.91. The minimum absolute atomic E-state index is 0.0655.